The van der Waals surface area contributed by atoms with Crippen LogP contribution in [0.1, 0.15) is 50.7 Å². The molecule has 0 aliphatic rings. The molecule has 4 heteroatoms. The first-order chi connectivity index (χ1) is 11.5. The van der Waals surface area contributed by atoms with Gasteiger partial charge in [-0.25, -0.2) is 0 Å². The van der Waals surface area contributed by atoms with Gasteiger partial charge < -0.3 is 0 Å². The summed E-state index contributed by atoms with van der Waals surface area (Å²) >= 11 is 0. The topological polar surface area (TPSA) is 60.7 Å². The molecule has 0 aliphatic heterocycles. The van der Waals surface area contributed by atoms with E-state index in [1.54, 1.807) is 0 Å². The maximum absolute atomic E-state index is 10.7. The zero-order valence-corrected chi connectivity index (χ0v) is 15.5. The summed E-state index contributed by atoms with van der Waals surface area (Å²) < 4.78 is 0. The van der Waals surface area contributed by atoms with Gasteiger partial charge in [0.2, 0.25) is 0 Å². The van der Waals surface area contributed by atoms with Crippen molar-refractivity contribution >= 4 is 7.94 Å². The minimum atomic E-state index is -4.55. The van der Waals surface area contributed by atoms with Crippen molar-refractivity contribution in [2.24, 2.45) is 5.92 Å². The molecule has 3 nitrogen and oxygen atoms in total. The quantitative estimate of drug-likeness (QED) is 0.610. The Labute approximate surface area is 145 Å². The van der Waals surface area contributed by atoms with Gasteiger partial charge in [0.05, 0.1) is 0 Å². The van der Waals surface area contributed by atoms with E-state index in [9.17, 15) is 14.7 Å². The van der Waals surface area contributed by atoms with E-state index in [1.807, 2.05) is 60.7 Å². The van der Waals surface area contributed by atoms with Crippen molar-refractivity contribution in [1.82, 2.24) is 0 Å². The fraction of sp³-hybridized carbons (Fsp3) is 0.400. The molecule has 0 heterocycles. The van der Waals surface area contributed by atoms with Crippen molar-refractivity contribution in [3.8, 4) is 0 Å². The summed E-state index contributed by atoms with van der Waals surface area (Å²) in [6.07, 6.45) is 3.63. The first-order valence-corrected chi connectivity index (χ1v) is 10.6. The number of hydrogen-bond donors (Lipinski definition) is 3. The average Bonchev–Trinajstić information content (AvgIpc) is 2.59. The van der Waals surface area contributed by atoms with E-state index in [4.69, 9.17) is 0 Å². The van der Waals surface area contributed by atoms with Crippen LogP contribution in [0.25, 0.3) is 0 Å². The first-order valence-electron chi connectivity index (χ1n) is 8.76. The van der Waals surface area contributed by atoms with E-state index in [-0.39, 0.29) is 5.92 Å². The SMILES string of the molecule is CCCCC(CC)C(c1ccccc1)(c1ccccc1)[PH](O)(O)O. The molecule has 0 bridgehead atoms. The Kier molecular flexibility index (Phi) is 6.54. The van der Waals surface area contributed by atoms with Crippen LogP contribution in [-0.4, -0.2) is 14.7 Å². The normalized spacial score (nSPS) is 14.4. The molecule has 0 amide bonds. The van der Waals surface area contributed by atoms with E-state index < -0.39 is 13.1 Å². The van der Waals surface area contributed by atoms with Crippen LogP contribution in [0.2, 0.25) is 0 Å². The minimum absolute atomic E-state index is 0.0473. The Morgan fingerprint density at radius 1 is 0.833 bits per heavy atom. The molecule has 2 rings (SSSR count). The molecule has 3 N–H and O–H groups in total. The van der Waals surface area contributed by atoms with Gasteiger partial charge in [-0.15, -0.1) is 0 Å². The van der Waals surface area contributed by atoms with E-state index in [0.29, 0.717) is 0 Å². The molecule has 0 saturated carbocycles. The van der Waals surface area contributed by atoms with E-state index in [1.165, 1.54) is 0 Å². The van der Waals surface area contributed by atoms with Gasteiger partial charge >= 0.3 is 145 Å². The Morgan fingerprint density at radius 3 is 1.62 bits per heavy atom. The summed E-state index contributed by atoms with van der Waals surface area (Å²) in [5.41, 5.74) is 1.55. The molecule has 0 spiro atoms. The van der Waals surface area contributed by atoms with Crippen molar-refractivity contribution in [1.29, 1.82) is 0 Å². The van der Waals surface area contributed by atoms with Crippen molar-refractivity contribution in [2.75, 3.05) is 0 Å². The number of hydrogen-bond acceptors (Lipinski definition) is 3. The van der Waals surface area contributed by atoms with Crippen LogP contribution in [0, 0.1) is 5.92 Å². The molecule has 0 saturated heterocycles. The van der Waals surface area contributed by atoms with Crippen LogP contribution in [0.5, 0.6) is 0 Å². The third kappa shape index (κ3) is 3.55. The molecule has 24 heavy (non-hydrogen) atoms. The van der Waals surface area contributed by atoms with Gasteiger partial charge in [-0.1, -0.05) is 0 Å². The molecule has 2 aromatic rings. The molecule has 1 unspecified atom stereocenters. The number of unbranched alkanes of at least 4 members (excludes halogenated alkanes) is 1. The van der Waals surface area contributed by atoms with Crippen LogP contribution in [-0.2, 0) is 5.16 Å². The van der Waals surface area contributed by atoms with Crippen molar-refractivity contribution in [2.45, 2.75) is 44.7 Å². The molecular weight excluding hydrogens is 319 g/mol. The monoisotopic (exact) mass is 348 g/mol. The van der Waals surface area contributed by atoms with Gasteiger partial charge in [-0.3, -0.25) is 0 Å². The van der Waals surface area contributed by atoms with E-state index in [2.05, 4.69) is 13.8 Å². The maximum atomic E-state index is 10.7. The van der Waals surface area contributed by atoms with Crippen LogP contribution in [0.3, 0.4) is 0 Å². The number of rotatable bonds is 8. The van der Waals surface area contributed by atoms with Crippen molar-refractivity contribution in [3.63, 3.8) is 0 Å². The standard InChI is InChI=1S/C20H29O3P/c1-3-5-12-17(4-2)20(24(21,22)23,18-13-8-6-9-14-18)19-15-10-7-11-16-19/h6-11,13-17,21-24H,3-5,12H2,1-2H3. The third-order valence-electron chi connectivity index (χ3n) is 5.00. The predicted octanol–water partition coefficient (Wildman–Crippen LogP) is 4.62. The average molecular weight is 348 g/mol. The molecule has 0 aliphatic carbocycles. The van der Waals surface area contributed by atoms with E-state index in [0.717, 1.165) is 36.8 Å². The van der Waals surface area contributed by atoms with E-state index >= 15 is 0 Å². The van der Waals surface area contributed by atoms with Crippen LogP contribution in [0.4, 0.5) is 0 Å². The molecule has 0 radical (unpaired) electrons. The second-order valence-corrected chi connectivity index (χ2v) is 8.48. The van der Waals surface area contributed by atoms with Gasteiger partial charge in [-0.2, -0.15) is 0 Å². The molecule has 132 valence electrons. The first kappa shape index (κ1) is 19.1. The third-order valence-corrected chi connectivity index (χ3v) is 7.04. The summed E-state index contributed by atoms with van der Waals surface area (Å²) in [4.78, 5) is 32.1. The molecule has 2 aromatic carbocycles. The zero-order chi connectivity index (χ0) is 17.6. The Hall–Kier alpha value is -1.25. The molecular formula is C20H29O3P. The number of benzene rings is 2. The summed E-state index contributed by atoms with van der Waals surface area (Å²) in [7, 11) is -4.55. The van der Waals surface area contributed by atoms with Crippen LogP contribution < -0.4 is 0 Å². The predicted molar refractivity (Wildman–Crippen MR) is 102 cm³/mol. The van der Waals surface area contributed by atoms with Crippen LogP contribution >= 0.6 is 7.94 Å². The Bertz CT molecular complexity index is 568. The van der Waals surface area contributed by atoms with Gasteiger partial charge in [0.25, 0.3) is 0 Å². The van der Waals surface area contributed by atoms with Gasteiger partial charge in [-0.05, 0) is 0 Å². The van der Waals surface area contributed by atoms with Gasteiger partial charge in [0.15, 0.2) is 0 Å². The summed E-state index contributed by atoms with van der Waals surface area (Å²) in [5, 5.41) is -1.15. The Morgan fingerprint density at radius 2 is 1.29 bits per heavy atom. The van der Waals surface area contributed by atoms with Gasteiger partial charge in [0, 0.05) is 0 Å². The molecule has 0 aromatic heterocycles. The summed E-state index contributed by atoms with van der Waals surface area (Å²) in [6, 6.07) is 18.9. The fourth-order valence-corrected chi connectivity index (χ4v) is 5.88. The summed E-state index contributed by atoms with van der Waals surface area (Å²) in [5.74, 6) is -0.0473. The second kappa shape index (κ2) is 8.22. The second-order valence-electron chi connectivity index (χ2n) is 6.42. The van der Waals surface area contributed by atoms with Gasteiger partial charge in [0.1, 0.15) is 0 Å². The van der Waals surface area contributed by atoms with Crippen molar-refractivity contribution in [3.05, 3.63) is 71.8 Å². The fourth-order valence-electron chi connectivity index (χ4n) is 3.88. The summed E-state index contributed by atoms with van der Waals surface area (Å²) in [6.45, 7) is 4.18. The van der Waals surface area contributed by atoms with Crippen LogP contribution in [0.15, 0.2) is 60.7 Å². The molecule has 1 atom stereocenters. The zero-order valence-electron chi connectivity index (χ0n) is 14.5. The Balaban J connectivity index is 2.74. The van der Waals surface area contributed by atoms with Crippen molar-refractivity contribution < 1.29 is 14.7 Å². The molecule has 0 fully saturated rings.